The van der Waals surface area contributed by atoms with Gasteiger partial charge in [0, 0.05) is 12.1 Å². The average Bonchev–Trinajstić information content (AvgIpc) is 3.36. The van der Waals surface area contributed by atoms with Gasteiger partial charge in [-0.1, -0.05) is 12.8 Å². The lowest BCUT2D eigenvalue weighted by Crippen LogP contribution is -2.48. The summed E-state index contributed by atoms with van der Waals surface area (Å²) in [5.74, 6) is -5.08. The molecule has 1 amide bonds. The normalized spacial score (nSPS) is 21.3. The van der Waals surface area contributed by atoms with E-state index >= 15 is 0 Å². The Kier molecular flexibility index (Phi) is 6.99. The molecule has 172 valence electrons. The number of ether oxygens (including phenoxy) is 1. The highest BCUT2D eigenvalue weighted by atomic mass is 32.2. The van der Waals surface area contributed by atoms with E-state index < -0.39 is 54.9 Å². The topological polar surface area (TPSA) is 115 Å². The van der Waals surface area contributed by atoms with Crippen molar-refractivity contribution in [2.45, 2.75) is 54.8 Å². The molecule has 1 aliphatic carbocycles. The van der Waals surface area contributed by atoms with Gasteiger partial charge in [-0.2, -0.15) is 8.78 Å². The van der Waals surface area contributed by atoms with Gasteiger partial charge in [-0.25, -0.2) is 21.6 Å². The third kappa shape index (κ3) is 5.40. The Labute approximate surface area is 179 Å². The van der Waals surface area contributed by atoms with Crippen LogP contribution in [-0.2, 0) is 29.2 Å². The van der Waals surface area contributed by atoms with Crippen molar-refractivity contribution in [3.63, 3.8) is 0 Å². The van der Waals surface area contributed by atoms with Crippen LogP contribution in [0.1, 0.15) is 42.5 Å². The molecular formula is C19H23F2NO7S2. The van der Waals surface area contributed by atoms with E-state index in [2.05, 4.69) is 0 Å². The molecule has 0 aromatic heterocycles. The lowest BCUT2D eigenvalue weighted by molar-refractivity contribution is -0.139. The highest BCUT2D eigenvalue weighted by Gasteiger charge is 2.39. The summed E-state index contributed by atoms with van der Waals surface area (Å²) in [6, 6.07) is 3.25. The number of esters is 1. The first-order valence-electron chi connectivity index (χ1n) is 9.82. The number of carbonyl (C=O) groups is 2. The van der Waals surface area contributed by atoms with Crippen LogP contribution in [0.2, 0.25) is 0 Å². The van der Waals surface area contributed by atoms with Crippen molar-refractivity contribution in [3.8, 4) is 0 Å². The van der Waals surface area contributed by atoms with Gasteiger partial charge < -0.3 is 9.64 Å². The molecule has 31 heavy (non-hydrogen) atoms. The summed E-state index contributed by atoms with van der Waals surface area (Å²) in [4.78, 5) is 26.0. The van der Waals surface area contributed by atoms with E-state index in [1.165, 1.54) is 0 Å². The molecule has 2 fully saturated rings. The number of carbonyl (C=O) groups excluding carboxylic acids is 2. The van der Waals surface area contributed by atoms with Gasteiger partial charge in [-0.3, -0.25) is 4.79 Å². The second-order valence-corrected chi connectivity index (χ2v) is 11.8. The molecule has 1 atom stereocenters. The first-order valence-corrected chi connectivity index (χ1v) is 13.2. The van der Waals surface area contributed by atoms with Crippen LogP contribution in [0.25, 0.3) is 0 Å². The lowest BCUT2D eigenvalue weighted by atomic mass is 10.1. The summed E-state index contributed by atoms with van der Waals surface area (Å²) in [6.07, 6.45) is 3.73. The van der Waals surface area contributed by atoms with Gasteiger partial charge in [0.05, 0.1) is 22.0 Å². The maximum Gasteiger partial charge on any atom is 0.341 e. The van der Waals surface area contributed by atoms with E-state index in [1.807, 2.05) is 0 Å². The first kappa shape index (κ1) is 23.6. The van der Waals surface area contributed by atoms with E-state index in [1.54, 1.807) is 4.90 Å². The molecule has 8 nitrogen and oxygen atoms in total. The highest BCUT2D eigenvalue weighted by Crippen LogP contribution is 2.29. The first-order chi connectivity index (χ1) is 14.5. The Morgan fingerprint density at radius 1 is 1.06 bits per heavy atom. The van der Waals surface area contributed by atoms with Crippen molar-refractivity contribution in [2.24, 2.45) is 0 Å². The predicted octanol–water partition coefficient (Wildman–Crippen LogP) is 1.80. The summed E-state index contributed by atoms with van der Waals surface area (Å²) < 4.78 is 76.8. The fourth-order valence-corrected chi connectivity index (χ4v) is 6.48. The molecule has 0 radical (unpaired) electrons. The van der Waals surface area contributed by atoms with Crippen LogP contribution in [-0.4, -0.2) is 69.6 Å². The van der Waals surface area contributed by atoms with Crippen LogP contribution in [0.15, 0.2) is 29.2 Å². The fourth-order valence-electron chi connectivity index (χ4n) is 4.05. The minimum absolute atomic E-state index is 0.0157. The molecule has 0 bridgehead atoms. The summed E-state index contributed by atoms with van der Waals surface area (Å²) in [6.45, 7) is -0.594. The van der Waals surface area contributed by atoms with Crippen LogP contribution in [0, 0.1) is 0 Å². The Morgan fingerprint density at radius 3 is 2.19 bits per heavy atom. The average molecular weight is 480 g/mol. The molecule has 0 N–H and O–H groups in total. The molecule has 1 unspecified atom stereocenters. The third-order valence-corrected chi connectivity index (χ3v) is 8.74. The largest absolute Gasteiger partial charge is 0.452 e. The number of amides is 1. The number of hydrogen-bond acceptors (Lipinski definition) is 7. The minimum Gasteiger partial charge on any atom is -0.452 e. The van der Waals surface area contributed by atoms with E-state index in [9.17, 15) is 35.2 Å². The van der Waals surface area contributed by atoms with Gasteiger partial charge in [0.1, 0.15) is 0 Å². The standard InChI is InChI=1S/C19H23F2NO7S2/c20-19(21)31(27,28)16-7-5-13(6-8-16)18(24)29-11-17(23)22(14-3-1-2-4-14)15-9-10-30(25,26)12-15/h5-8,14-15,19H,1-4,9-12H2. The molecule has 1 aliphatic heterocycles. The lowest BCUT2D eigenvalue weighted by Gasteiger charge is -2.33. The molecule has 1 aromatic carbocycles. The zero-order chi connectivity index (χ0) is 22.8. The third-order valence-electron chi connectivity index (χ3n) is 5.59. The highest BCUT2D eigenvalue weighted by molar-refractivity contribution is 7.92. The number of nitrogens with zero attached hydrogens (tertiary/aromatic N) is 1. The van der Waals surface area contributed by atoms with Crippen molar-refractivity contribution in [2.75, 3.05) is 18.1 Å². The van der Waals surface area contributed by atoms with Crippen LogP contribution in [0.3, 0.4) is 0 Å². The summed E-state index contributed by atoms with van der Waals surface area (Å²) in [5.41, 5.74) is -0.100. The van der Waals surface area contributed by atoms with Gasteiger partial charge in [0.25, 0.3) is 5.91 Å². The molecular weight excluding hydrogens is 456 g/mol. The van der Waals surface area contributed by atoms with Crippen molar-refractivity contribution < 1.29 is 39.9 Å². The summed E-state index contributed by atoms with van der Waals surface area (Å²) in [5, 5.41) is 0. The number of sulfone groups is 2. The predicted molar refractivity (Wildman–Crippen MR) is 106 cm³/mol. The zero-order valence-corrected chi connectivity index (χ0v) is 18.2. The number of rotatable bonds is 7. The Bertz CT molecular complexity index is 1030. The maximum absolute atomic E-state index is 12.8. The van der Waals surface area contributed by atoms with E-state index in [0.29, 0.717) is 6.42 Å². The monoisotopic (exact) mass is 479 g/mol. The minimum atomic E-state index is -4.78. The molecule has 1 saturated carbocycles. The maximum atomic E-state index is 12.8. The number of halogens is 2. The van der Waals surface area contributed by atoms with E-state index in [-0.39, 0.29) is 23.1 Å². The van der Waals surface area contributed by atoms with E-state index in [0.717, 1.165) is 49.9 Å². The van der Waals surface area contributed by atoms with Crippen molar-refractivity contribution >= 4 is 31.6 Å². The second kappa shape index (κ2) is 9.19. The summed E-state index contributed by atoms with van der Waals surface area (Å²) in [7, 11) is -7.98. The summed E-state index contributed by atoms with van der Waals surface area (Å²) >= 11 is 0. The number of alkyl halides is 2. The molecule has 1 heterocycles. The Balaban J connectivity index is 1.65. The van der Waals surface area contributed by atoms with Gasteiger partial charge in [-0.05, 0) is 43.5 Å². The van der Waals surface area contributed by atoms with Crippen LogP contribution >= 0.6 is 0 Å². The van der Waals surface area contributed by atoms with Crippen molar-refractivity contribution in [3.05, 3.63) is 29.8 Å². The van der Waals surface area contributed by atoms with Crippen LogP contribution in [0.4, 0.5) is 8.78 Å². The second-order valence-electron chi connectivity index (χ2n) is 7.70. The SMILES string of the molecule is O=C(OCC(=O)N(C1CCCC1)C1CCS(=O)(=O)C1)c1ccc(S(=O)(=O)C(F)F)cc1. The zero-order valence-electron chi connectivity index (χ0n) is 16.6. The van der Waals surface area contributed by atoms with Gasteiger partial charge in [-0.15, -0.1) is 0 Å². The molecule has 0 spiro atoms. The quantitative estimate of drug-likeness (QED) is 0.548. The van der Waals surface area contributed by atoms with Crippen LogP contribution < -0.4 is 0 Å². The van der Waals surface area contributed by atoms with Gasteiger partial charge in [0.15, 0.2) is 16.4 Å². The van der Waals surface area contributed by atoms with Gasteiger partial charge >= 0.3 is 11.7 Å². The molecule has 1 saturated heterocycles. The van der Waals surface area contributed by atoms with Crippen molar-refractivity contribution in [1.82, 2.24) is 4.90 Å². The van der Waals surface area contributed by atoms with Gasteiger partial charge in [0.2, 0.25) is 9.84 Å². The van der Waals surface area contributed by atoms with Crippen molar-refractivity contribution in [1.29, 1.82) is 0 Å². The Hall–Kier alpha value is -2.08. The molecule has 3 rings (SSSR count). The Morgan fingerprint density at radius 2 is 1.68 bits per heavy atom. The smallest absolute Gasteiger partial charge is 0.341 e. The van der Waals surface area contributed by atoms with E-state index in [4.69, 9.17) is 4.74 Å². The number of benzene rings is 1. The fraction of sp³-hybridized carbons (Fsp3) is 0.579. The molecule has 12 heteroatoms. The molecule has 1 aromatic rings. The van der Waals surface area contributed by atoms with Crippen LogP contribution in [0.5, 0.6) is 0 Å². The number of hydrogen-bond donors (Lipinski definition) is 0. The molecule has 2 aliphatic rings.